The maximum Gasteiger partial charge on any atom is 0.349 e. The maximum absolute atomic E-state index is 12.8. The van der Waals surface area contributed by atoms with Gasteiger partial charge in [-0.1, -0.05) is 36.4 Å². The van der Waals surface area contributed by atoms with Gasteiger partial charge in [-0.3, -0.25) is 4.79 Å². The molecule has 0 saturated heterocycles. The lowest BCUT2D eigenvalue weighted by atomic mass is 10.2. The smallest absolute Gasteiger partial charge is 0.349 e. The molecule has 180 valence electrons. The Morgan fingerprint density at radius 2 is 1.56 bits per heavy atom. The van der Waals surface area contributed by atoms with Crippen LogP contribution in [0.5, 0.6) is 11.5 Å². The second kappa shape index (κ2) is 10.1. The molecule has 0 fully saturated rings. The molecule has 2 aromatic heterocycles. The van der Waals surface area contributed by atoms with Gasteiger partial charge >= 0.3 is 5.97 Å². The van der Waals surface area contributed by atoms with Crippen LogP contribution >= 0.6 is 11.3 Å². The molecule has 2 heterocycles. The third-order valence-electron chi connectivity index (χ3n) is 5.50. The minimum absolute atomic E-state index is 0.414. The Morgan fingerprint density at radius 1 is 0.917 bits per heavy atom. The number of aryl methyl sites for hydroxylation is 1. The summed E-state index contributed by atoms with van der Waals surface area (Å²) in [4.78, 5) is 26.7. The van der Waals surface area contributed by atoms with E-state index >= 15 is 0 Å². The van der Waals surface area contributed by atoms with E-state index in [1.165, 1.54) is 11.3 Å². The van der Waals surface area contributed by atoms with Crippen LogP contribution < -0.4 is 10.1 Å². The number of rotatable bonds is 7. The summed E-state index contributed by atoms with van der Waals surface area (Å²) in [5.74, 6) is 0.396. The average Bonchev–Trinajstić information content (AvgIpc) is 3.47. The van der Waals surface area contributed by atoms with Crippen LogP contribution in [-0.2, 0) is 9.53 Å². The molecule has 36 heavy (non-hydrogen) atoms. The van der Waals surface area contributed by atoms with Crippen molar-refractivity contribution in [2.24, 2.45) is 0 Å². The van der Waals surface area contributed by atoms with Crippen molar-refractivity contribution in [2.45, 2.75) is 20.0 Å². The number of ether oxygens (including phenoxy) is 2. The number of amides is 1. The van der Waals surface area contributed by atoms with Crippen molar-refractivity contribution in [3.8, 4) is 17.2 Å². The van der Waals surface area contributed by atoms with Crippen LogP contribution in [0.2, 0.25) is 0 Å². The summed E-state index contributed by atoms with van der Waals surface area (Å²) in [5, 5.41) is 8.24. The van der Waals surface area contributed by atoms with Crippen LogP contribution in [-0.4, -0.2) is 27.8 Å². The molecule has 0 aliphatic carbocycles. The number of carbonyl (C=O) groups excluding carboxylic acids is 2. The van der Waals surface area contributed by atoms with E-state index in [1.54, 1.807) is 37.3 Å². The number of aromatic nitrogens is 2. The second-order valence-corrected chi connectivity index (χ2v) is 9.17. The number of nitrogens with one attached hydrogen (secondary N) is 1. The van der Waals surface area contributed by atoms with Crippen molar-refractivity contribution in [2.75, 3.05) is 5.32 Å². The topological polar surface area (TPSA) is 82.5 Å². The first-order chi connectivity index (χ1) is 17.5. The lowest BCUT2D eigenvalue weighted by Crippen LogP contribution is -2.29. The van der Waals surface area contributed by atoms with Gasteiger partial charge in [0.1, 0.15) is 21.2 Å². The molecule has 0 aliphatic rings. The van der Waals surface area contributed by atoms with Crippen molar-refractivity contribution < 1.29 is 19.1 Å². The van der Waals surface area contributed by atoms with Gasteiger partial charge in [-0.25, -0.2) is 9.48 Å². The summed E-state index contributed by atoms with van der Waals surface area (Å²) < 4.78 is 13.0. The van der Waals surface area contributed by atoms with Crippen molar-refractivity contribution >= 4 is 39.1 Å². The number of hydrogen-bond donors (Lipinski definition) is 1. The van der Waals surface area contributed by atoms with Gasteiger partial charge in [0.15, 0.2) is 6.10 Å². The Morgan fingerprint density at radius 3 is 2.25 bits per heavy atom. The number of esters is 1. The normalized spacial score (nSPS) is 11.7. The minimum atomic E-state index is -0.977. The van der Waals surface area contributed by atoms with E-state index in [2.05, 4.69) is 10.4 Å². The Balaban J connectivity index is 1.23. The molecule has 5 rings (SSSR count). The first-order valence-corrected chi connectivity index (χ1v) is 12.2. The number of thiophene rings is 1. The highest BCUT2D eigenvalue weighted by atomic mass is 32.1. The zero-order valence-electron chi connectivity index (χ0n) is 19.7. The zero-order chi connectivity index (χ0) is 25.1. The SMILES string of the molecule is Cc1nn(-c2ccccc2)c2sc(C(=O)O[C@@H](C)C(=O)Nc3ccc(Oc4ccccc4)cc3)cc12. The van der Waals surface area contributed by atoms with Crippen LogP contribution in [0.4, 0.5) is 5.69 Å². The monoisotopic (exact) mass is 497 g/mol. The quantitative estimate of drug-likeness (QED) is 0.264. The predicted molar refractivity (Wildman–Crippen MR) is 140 cm³/mol. The van der Waals surface area contributed by atoms with Gasteiger partial charge in [0.05, 0.1) is 11.4 Å². The molecule has 0 radical (unpaired) electrons. The van der Waals surface area contributed by atoms with Crippen molar-refractivity contribution in [3.63, 3.8) is 0 Å². The van der Waals surface area contributed by atoms with Crippen molar-refractivity contribution in [1.82, 2.24) is 9.78 Å². The number of fused-ring (bicyclic) bond motifs is 1. The highest BCUT2D eigenvalue weighted by molar-refractivity contribution is 7.20. The molecule has 8 heteroatoms. The Bertz CT molecular complexity index is 1510. The molecule has 0 aliphatic heterocycles. The van der Waals surface area contributed by atoms with Crippen molar-refractivity contribution in [3.05, 3.63) is 102 Å². The largest absolute Gasteiger partial charge is 0.457 e. The van der Waals surface area contributed by atoms with Crippen LogP contribution in [0, 0.1) is 6.92 Å². The highest BCUT2D eigenvalue weighted by Gasteiger charge is 2.23. The number of para-hydroxylation sites is 2. The number of hydrogen-bond acceptors (Lipinski definition) is 6. The van der Waals surface area contributed by atoms with Crippen LogP contribution in [0.3, 0.4) is 0 Å². The molecule has 1 N–H and O–H groups in total. The van der Waals surface area contributed by atoms with Gasteiger partial charge in [-0.2, -0.15) is 5.10 Å². The molecule has 1 amide bonds. The molecular formula is C28H23N3O4S. The van der Waals surface area contributed by atoms with E-state index < -0.39 is 18.0 Å². The fourth-order valence-corrected chi connectivity index (χ4v) is 4.70. The Hall–Kier alpha value is -4.43. The summed E-state index contributed by atoms with van der Waals surface area (Å²) >= 11 is 1.29. The first-order valence-electron chi connectivity index (χ1n) is 11.4. The highest BCUT2D eigenvalue weighted by Crippen LogP contribution is 2.31. The lowest BCUT2D eigenvalue weighted by molar-refractivity contribution is -0.123. The van der Waals surface area contributed by atoms with Gasteiger partial charge in [-0.05, 0) is 68.4 Å². The molecule has 1 atom stereocenters. The zero-order valence-corrected chi connectivity index (χ0v) is 20.5. The minimum Gasteiger partial charge on any atom is -0.457 e. The van der Waals surface area contributed by atoms with E-state index in [1.807, 2.05) is 72.3 Å². The summed E-state index contributed by atoms with van der Waals surface area (Å²) in [6.45, 7) is 3.44. The summed E-state index contributed by atoms with van der Waals surface area (Å²) in [6.07, 6.45) is -0.977. The molecule has 0 bridgehead atoms. The third kappa shape index (κ3) is 4.99. The summed E-state index contributed by atoms with van der Waals surface area (Å²) in [6, 6.07) is 27.9. The second-order valence-electron chi connectivity index (χ2n) is 8.14. The van der Waals surface area contributed by atoms with Gasteiger partial charge < -0.3 is 14.8 Å². The molecule has 0 saturated carbocycles. The fourth-order valence-electron chi connectivity index (χ4n) is 3.64. The lowest BCUT2D eigenvalue weighted by Gasteiger charge is -2.13. The number of nitrogens with zero attached hydrogens (tertiary/aromatic N) is 2. The van der Waals surface area contributed by atoms with E-state index in [4.69, 9.17) is 9.47 Å². The number of carbonyl (C=O) groups is 2. The van der Waals surface area contributed by atoms with E-state index in [9.17, 15) is 9.59 Å². The number of benzene rings is 3. The fraction of sp³-hybridized carbons (Fsp3) is 0.107. The standard InChI is InChI=1S/C28H23N3O4S/c1-18-24-17-25(36-27(24)31(30-18)21-9-5-3-6-10-21)28(33)34-19(2)26(32)29-20-13-15-23(16-14-20)35-22-11-7-4-8-12-22/h3-17,19H,1-2H3,(H,29,32)/t19-/m0/s1. The Labute approximate surface area is 211 Å². The summed E-state index contributed by atoms with van der Waals surface area (Å²) in [5.41, 5.74) is 2.30. The van der Waals surface area contributed by atoms with Gasteiger partial charge in [-0.15, -0.1) is 11.3 Å². The first kappa shape index (κ1) is 23.3. The third-order valence-corrected chi connectivity index (χ3v) is 6.59. The van der Waals surface area contributed by atoms with E-state index in [-0.39, 0.29) is 0 Å². The molecular weight excluding hydrogens is 474 g/mol. The molecule has 5 aromatic rings. The van der Waals surface area contributed by atoms with E-state index in [0.717, 1.165) is 27.3 Å². The molecule has 7 nitrogen and oxygen atoms in total. The Kier molecular flexibility index (Phi) is 6.51. The van der Waals surface area contributed by atoms with Gasteiger partial charge in [0.2, 0.25) is 0 Å². The van der Waals surface area contributed by atoms with Crippen LogP contribution in [0.15, 0.2) is 91.0 Å². The van der Waals surface area contributed by atoms with E-state index in [0.29, 0.717) is 16.3 Å². The molecule has 3 aromatic carbocycles. The number of anilines is 1. The van der Waals surface area contributed by atoms with Crippen LogP contribution in [0.1, 0.15) is 22.3 Å². The van der Waals surface area contributed by atoms with Crippen molar-refractivity contribution in [1.29, 1.82) is 0 Å². The van der Waals surface area contributed by atoms with Gasteiger partial charge in [0, 0.05) is 11.1 Å². The maximum atomic E-state index is 12.8. The average molecular weight is 498 g/mol. The summed E-state index contributed by atoms with van der Waals surface area (Å²) in [7, 11) is 0. The molecule has 0 spiro atoms. The predicted octanol–water partition coefficient (Wildman–Crippen LogP) is 6.37. The molecule has 0 unspecified atom stereocenters. The van der Waals surface area contributed by atoms with Gasteiger partial charge in [0.25, 0.3) is 5.91 Å². The van der Waals surface area contributed by atoms with Crippen LogP contribution in [0.25, 0.3) is 15.9 Å².